The Hall–Kier alpha value is -4.51. The van der Waals surface area contributed by atoms with Gasteiger partial charge in [0.25, 0.3) is 0 Å². The van der Waals surface area contributed by atoms with E-state index in [4.69, 9.17) is 4.98 Å². The van der Waals surface area contributed by atoms with Crippen molar-refractivity contribution < 1.29 is 15.0 Å². The molecule has 6 rings (SSSR count). The van der Waals surface area contributed by atoms with Crippen LogP contribution >= 0.6 is 0 Å². The fourth-order valence-electron chi connectivity index (χ4n) is 6.05. The van der Waals surface area contributed by atoms with Crippen LogP contribution in [0.1, 0.15) is 54.6 Å². The second-order valence-electron chi connectivity index (χ2n) is 11.2. The predicted octanol–water partition coefficient (Wildman–Crippen LogP) is 4.08. The van der Waals surface area contributed by atoms with Crippen LogP contribution in [0, 0.1) is 0 Å². The number of piperidine rings is 1. The van der Waals surface area contributed by atoms with E-state index >= 15 is 0 Å². The molecule has 0 amide bonds. The normalized spacial score (nSPS) is 16.0. The number of anilines is 3. The van der Waals surface area contributed by atoms with E-state index in [9.17, 15) is 15.0 Å². The Morgan fingerprint density at radius 1 is 1.12 bits per heavy atom. The highest BCUT2D eigenvalue weighted by Crippen LogP contribution is 2.33. The van der Waals surface area contributed by atoms with Gasteiger partial charge in [0.15, 0.2) is 0 Å². The van der Waals surface area contributed by atoms with Crippen molar-refractivity contribution in [1.82, 2.24) is 25.3 Å². The van der Waals surface area contributed by atoms with Crippen molar-refractivity contribution in [2.24, 2.45) is 0 Å². The maximum atomic E-state index is 12.1. The first-order chi connectivity index (χ1) is 21.0. The van der Waals surface area contributed by atoms with Crippen LogP contribution in [0.3, 0.4) is 0 Å². The van der Waals surface area contributed by atoms with E-state index < -0.39 is 12.0 Å². The number of para-hydroxylation sites is 1. The maximum Gasteiger partial charge on any atom is 0.322 e. The number of nitrogens with one attached hydrogen (secondary N) is 3. The number of aromatic nitrogens is 4. The molecule has 0 bridgehead atoms. The number of hydrogen-bond acceptors (Lipinski definition) is 10. The average Bonchev–Trinajstić information content (AvgIpc) is 3.04. The van der Waals surface area contributed by atoms with Gasteiger partial charge in [-0.3, -0.25) is 10.1 Å². The Balaban J connectivity index is 1.09. The Morgan fingerprint density at radius 3 is 2.79 bits per heavy atom. The second kappa shape index (κ2) is 12.8. The molecule has 2 aliphatic rings. The van der Waals surface area contributed by atoms with Crippen LogP contribution in [0.4, 0.5) is 17.5 Å². The molecule has 3 aromatic heterocycles. The first-order valence-corrected chi connectivity index (χ1v) is 15.1. The molecule has 1 aromatic carbocycles. The molecular weight excluding hydrogens is 544 g/mol. The molecule has 5 N–H and O–H groups in total. The minimum Gasteiger partial charge on any atom is -0.506 e. The molecule has 1 fully saturated rings. The summed E-state index contributed by atoms with van der Waals surface area (Å²) >= 11 is 0. The Kier molecular flexibility index (Phi) is 8.50. The number of carboxylic acids is 1. The third-order valence-electron chi connectivity index (χ3n) is 8.46. The molecule has 0 unspecified atom stereocenters. The lowest BCUT2D eigenvalue weighted by molar-refractivity contribution is -0.139. The van der Waals surface area contributed by atoms with Crippen LogP contribution in [0.25, 0.3) is 10.9 Å². The highest BCUT2D eigenvalue weighted by Gasteiger charge is 2.26. The van der Waals surface area contributed by atoms with Crippen molar-refractivity contribution in [2.75, 3.05) is 41.7 Å². The molecule has 0 spiro atoms. The third kappa shape index (κ3) is 6.31. The summed E-state index contributed by atoms with van der Waals surface area (Å²) in [7, 11) is 0. The van der Waals surface area contributed by atoms with Crippen molar-refractivity contribution in [3.05, 3.63) is 71.3 Å². The van der Waals surface area contributed by atoms with E-state index in [0.717, 1.165) is 73.6 Å². The number of nitrogens with zero attached hydrogens (tertiary/aromatic N) is 5. The molecule has 11 nitrogen and oxygen atoms in total. The van der Waals surface area contributed by atoms with Gasteiger partial charge in [-0.2, -0.15) is 0 Å². The average molecular weight is 583 g/mol. The van der Waals surface area contributed by atoms with E-state index in [1.807, 2.05) is 18.2 Å². The summed E-state index contributed by atoms with van der Waals surface area (Å²) in [6.07, 6.45) is 6.50. The van der Waals surface area contributed by atoms with Gasteiger partial charge in [-0.1, -0.05) is 31.2 Å². The summed E-state index contributed by atoms with van der Waals surface area (Å²) in [5.41, 5.74) is 4.59. The Labute approximate surface area is 250 Å². The number of aliphatic carboxylic acids is 1. The van der Waals surface area contributed by atoms with Crippen LogP contribution in [-0.2, 0) is 24.2 Å². The number of phenolic OH excluding ortho intramolecular Hbond substituents is 1. The maximum absolute atomic E-state index is 12.1. The summed E-state index contributed by atoms with van der Waals surface area (Å²) < 4.78 is 0. The van der Waals surface area contributed by atoms with Gasteiger partial charge >= 0.3 is 5.97 Å². The zero-order chi connectivity index (χ0) is 29.8. The fourth-order valence-corrected chi connectivity index (χ4v) is 6.05. The number of rotatable bonds is 10. The zero-order valence-corrected chi connectivity index (χ0v) is 24.4. The number of hydrogen-bond donors (Lipinski definition) is 5. The monoisotopic (exact) mass is 582 g/mol. The number of carboxylic acid groups (broad SMARTS) is 1. The Morgan fingerprint density at radius 2 is 1.98 bits per heavy atom. The van der Waals surface area contributed by atoms with Gasteiger partial charge in [0.2, 0.25) is 0 Å². The number of aryl methyl sites for hydroxylation is 1. The summed E-state index contributed by atoms with van der Waals surface area (Å²) in [6, 6.07) is 12.5. The number of carbonyl (C=O) groups is 1. The molecule has 224 valence electrons. The molecule has 5 heterocycles. The van der Waals surface area contributed by atoms with E-state index in [-0.39, 0.29) is 18.8 Å². The quantitative estimate of drug-likeness (QED) is 0.184. The number of benzene rings is 1. The molecule has 0 aliphatic carbocycles. The topological polar surface area (TPSA) is 148 Å². The molecule has 0 saturated carbocycles. The lowest BCUT2D eigenvalue weighted by Gasteiger charge is -2.34. The van der Waals surface area contributed by atoms with Crippen molar-refractivity contribution >= 4 is 34.3 Å². The van der Waals surface area contributed by atoms with E-state index in [1.165, 1.54) is 5.56 Å². The minimum atomic E-state index is -0.975. The van der Waals surface area contributed by atoms with Gasteiger partial charge in [-0.25, -0.2) is 19.9 Å². The molecule has 4 aromatic rings. The largest absolute Gasteiger partial charge is 0.506 e. The van der Waals surface area contributed by atoms with Crippen LogP contribution in [0.15, 0.2) is 48.8 Å². The summed E-state index contributed by atoms with van der Waals surface area (Å²) in [5.74, 6) is 2.14. The first kappa shape index (κ1) is 28.6. The molecule has 1 atom stereocenters. The van der Waals surface area contributed by atoms with Crippen LogP contribution in [0.2, 0.25) is 0 Å². The van der Waals surface area contributed by atoms with E-state index in [2.05, 4.69) is 54.9 Å². The highest BCUT2D eigenvalue weighted by molar-refractivity contribution is 5.84. The van der Waals surface area contributed by atoms with Gasteiger partial charge in [0.1, 0.15) is 41.1 Å². The van der Waals surface area contributed by atoms with Gasteiger partial charge in [0.05, 0.1) is 5.69 Å². The van der Waals surface area contributed by atoms with E-state index in [0.29, 0.717) is 29.4 Å². The summed E-state index contributed by atoms with van der Waals surface area (Å²) in [6.45, 7) is 5.17. The molecular formula is C32H38N8O3. The lowest BCUT2D eigenvalue weighted by Crippen LogP contribution is -2.42. The van der Waals surface area contributed by atoms with Crippen molar-refractivity contribution in [1.29, 1.82) is 0 Å². The summed E-state index contributed by atoms with van der Waals surface area (Å²) in [4.78, 5) is 33.0. The van der Waals surface area contributed by atoms with Crippen molar-refractivity contribution in [2.45, 2.75) is 57.5 Å². The first-order valence-electron chi connectivity index (χ1n) is 15.1. The van der Waals surface area contributed by atoms with E-state index in [1.54, 1.807) is 18.5 Å². The molecule has 2 aliphatic heterocycles. The van der Waals surface area contributed by atoms with Gasteiger partial charge in [0, 0.05) is 55.3 Å². The lowest BCUT2D eigenvalue weighted by atomic mass is 9.92. The second-order valence-corrected chi connectivity index (χ2v) is 11.2. The molecule has 1 saturated heterocycles. The number of pyridine rings is 2. The molecule has 43 heavy (non-hydrogen) atoms. The standard InChI is InChI=1S/C32H38N8O3/c1-2-24-30(35-18-26(32(42)43)34-17-23-10-8-21-5-3-7-27(41)28(21)38-23)36-19-37-31(24)40-15-12-20(13-16-40)25-11-9-22-6-4-14-33-29(22)39-25/h3,5,7-11,19-20,26,34,41H,2,4,6,12-18H2,1H3,(H,33,39)(H,42,43)(H,35,36,37)/t26-/m0/s1. The third-order valence-corrected chi connectivity index (χ3v) is 8.46. The van der Waals surface area contributed by atoms with Gasteiger partial charge < -0.3 is 25.7 Å². The van der Waals surface area contributed by atoms with Gasteiger partial charge in [-0.15, -0.1) is 0 Å². The number of fused-ring (bicyclic) bond motifs is 2. The zero-order valence-electron chi connectivity index (χ0n) is 24.4. The number of aromatic hydroxyl groups is 1. The van der Waals surface area contributed by atoms with Gasteiger partial charge in [-0.05, 0) is 55.9 Å². The SMILES string of the molecule is CCc1c(NC[C@H](NCc2ccc3cccc(O)c3n2)C(=O)O)ncnc1N1CCC(c2ccc3c(n2)NCCC3)CC1. The smallest absolute Gasteiger partial charge is 0.322 e. The Bertz CT molecular complexity index is 1610. The van der Waals surface area contributed by atoms with Crippen molar-refractivity contribution in [3.8, 4) is 5.75 Å². The van der Waals surface area contributed by atoms with Crippen LogP contribution in [-0.4, -0.2) is 68.3 Å². The van der Waals surface area contributed by atoms with Crippen LogP contribution < -0.4 is 20.9 Å². The summed E-state index contributed by atoms with van der Waals surface area (Å²) in [5, 5.41) is 30.6. The molecule has 0 radical (unpaired) electrons. The van der Waals surface area contributed by atoms with Crippen LogP contribution in [0.5, 0.6) is 5.75 Å². The predicted molar refractivity (Wildman–Crippen MR) is 167 cm³/mol. The highest BCUT2D eigenvalue weighted by atomic mass is 16.4. The number of phenols is 1. The minimum absolute atomic E-state index is 0.0965. The van der Waals surface area contributed by atoms with Crippen molar-refractivity contribution in [3.63, 3.8) is 0 Å². The molecule has 11 heteroatoms. The fraction of sp³-hybridized carbons (Fsp3) is 0.406.